The van der Waals surface area contributed by atoms with E-state index in [2.05, 4.69) is 0 Å². The van der Waals surface area contributed by atoms with Crippen molar-refractivity contribution >= 4 is 23.4 Å². The van der Waals surface area contributed by atoms with E-state index in [0.717, 1.165) is 0 Å². The zero-order chi connectivity index (χ0) is 14.7. The number of aliphatic hydroxyl groups is 1. The molecule has 1 aromatic carbocycles. The number of hydrogen-bond donors (Lipinski definition) is 5. The summed E-state index contributed by atoms with van der Waals surface area (Å²) in [6.07, 6.45) is -0.797. The number of urea groups is 2. The summed E-state index contributed by atoms with van der Waals surface area (Å²) in [7, 11) is 0. The maximum absolute atomic E-state index is 11.1. The fourth-order valence-corrected chi connectivity index (χ4v) is 1.43. The molecule has 1 unspecified atom stereocenters. The summed E-state index contributed by atoms with van der Waals surface area (Å²) in [5, 5.41) is 10.7. The van der Waals surface area contributed by atoms with Crippen LogP contribution in [0.3, 0.4) is 0 Å². The van der Waals surface area contributed by atoms with Crippen molar-refractivity contribution in [2.24, 2.45) is 23.2 Å². The van der Waals surface area contributed by atoms with Crippen LogP contribution in [-0.4, -0.2) is 17.2 Å². The van der Waals surface area contributed by atoms with Gasteiger partial charge in [-0.3, -0.25) is 0 Å². The van der Waals surface area contributed by atoms with Gasteiger partial charge in [0.05, 0.1) is 17.5 Å². The molecule has 1 rings (SSSR count). The molecule has 1 aromatic rings. The molecule has 1 atom stereocenters. The summed E-state index contributed by atoms with van der Waals surface area (Å²) < 4.78 is 0. The highest BCUT2D eigenvalue weighted by atomic mass is 16.3. The number of benzene rings is 1. The van der Waals surface area contributed by atoms with Gasteiger partial charge in [0.1, 0.15) is 0 Å². The molecule has 4 amide bonds. The number of primary amides is 2. The van der Waals surface area contributed by atoms with E-state index in [4.69, 9.17) is 23.2 Å². The number of hydrogen-bond acceptors (Lipinski definition) is 5. The number of nitrogens with two attached hydrogens (primary N) is 4. The Hall–Kier alpha value is -2.36. The van der Waals surface area contributed by atoms with Crippen molar-refractivity contribution in [3.63, 3.8) is 0 Å². The van der Waals surface area contributed by atoms with Gasteiger partial charge < -0.3 is 16.6 Å². The second kappa shape index (κ2) is 5.52. The van der Waals surface area contributed by atoms with E-state index in [0.29, 0.717) is 15.6 Å². The maximum Gasteiger partial charge on any atom is 0.333 e. The van der Waals surface area contributed by atoms with Gasteiger partial charge in [-0.15, -0.1) is 0 Å². The maximum atomic E-state index is 11.1. The van der Waals surface area contributed by atoms with Crippen LogP contribution in [-0.2, 0) is 0 Å². The summed E-state index contributed by atoms with van der Waals surface area (Å²) in [5.41, 5.74) is 10.7. The van der Waals surface area contributed by atoms with Gasteiger partial charge >= 0.3 is 12.1 Å². The lowest BCUT2D eigenvalue weighted by molar-refractivity contribution is 0.199. The smallest absolute Gasteiger partial charge is 0.333 e. The van der Waals surface area contributed by atoms with Gasteiger partial charge in [0.2, 0.25) is 0 Å². The number of amides is 4. The van der Waals surface area contributed by atoms with Crippen molar-refractivity contribution in [3.05, 3.63) is 23.8 Å². The van der Waals surface area contributed by atoms with Crippen molar-refractivity contribution in [2.45, 2.75) is 13.0 Å². The lowest BCUT2D eigenvalue weighted by Gasteiger charge is -2.23. The van der Waals surface area contributed by atoms with Crippen molar-refractivity contribution in [1.29, 1.82) is 0 Å². The van der Waals surface area contributed by atoms with E-state index >= 15 is 0 Å². The molecule has 0 aliphatic rings. The molecule has 0 saturated carbocycles. The number of carbonyl (C=O) groups excluding carboxylic acids is 2. The van der Waals surface area contributed by atoms with Gasteiger partial charge in [0.15, 0.2) is 0 Å². The molecule has 9 nitrogen and oxygen atoms in total. The van der Waals surface area contributed by atoms with E-state index in [1.54, 1.807) is 0 Å². The third-order valence-electron chi connectivity index (χ3n) is 2.48. The zero-order valence-corrected chi connectivity index (χ0v) is 10.3. The number of hydrazine groups is 2. The summed E-state index contributed by atoms with van der Waals surface area (Å²) in [5.74, 6) is 11.0. The lowest BCUT2D eigenvalue weighted by Crippen LogP contribution is -2.46. The third-order valence-corrected chi connectivity index (χ3v) is 2.48. The summed E-state index contributed by atoms with van der Waals surface area (Å²) in [4.78, 5) is 22.2. The topological polar surface area (TPSA) is 165 Å². The van der Waals surface area contributed by atoms with Gasteiger partial charge in [0.25, 0.3) is 0 Å². The molecule has 0 fully saturated rings. The quantitative estimate of drug-likeness (QED) is 0.276. The lowest BCUT2D eigenvalue weighted by atomic mass is 10.1. The van der Waals surface area contributed by atoms with Gasteiger partial charge in [-0.25, -0.2) is 31.3 Å². The highest BCUT2D eigenvalue weighted by molar-refractivity contribution is 5.99. The van der Waals surface area contributed by atoms with E-state index in [-0.39, 0.29) is 11.4 Å². The van der Waals surface area contributed by atoms with Crippen LogP contribution in [0.1, 0.15) is 18.6 Å². The van der Waals surface area contributed by atoms with E-state index in [1.807, 2.05) is 0 Å². The number of carbonyl (C=O) groups is 2. The van der Waals surface area contributed by atoms with Gasteiger partial charge in [0, 0.05) is 0 Å². The Kier molecular flexibility index (Phi) is 4.27. The predicted molar refractivity (Wildman–Crippen MR) is 69.6 cm³/mol. The van der Waals surface area contributed by atoms with Crippen LogP contribution in [0.2, 0.25) is 0 Å². The van der Waals surface area contributed by atoms with Crippen LogP contribution in [0.5, 0.6) is 0 Å². The first-order valence-corrected chi connectivity index (χ1v) is 5.26. The van der Waals surface area contributed by atoms with Crippen molar-refractivity contribution < 1.29 is 14.7 Å². The molecule has 0 aliphatic heterocycles. The predicted octanol–water partition coefficient (Wildman–Crippen LogP) is -0.742. The van der Waals surface area contributed by atoms with Gasteiger partial charge in [-0.1, -0.05) is 6.07 Å². The Balaban J connectivity index is 3.38. The minimum absolute atomic E-state index is 0.0483. The molecule has 19 heavy (non-hydrogen) atoms. The Bertz CT molecular complexity index is 504. The Morgan fingerprint density at radius 1 is 1.11 bits per heavy atom. The van der Waals surface area contributed by atoms with Crippen LogP contribution >= 0.6 is 0 Å². The largest absolute Gasteiger partial charge is 0.389 e. The highest BCUT2D eigenvalue weighted by Crippen LogP contribution is 2.29. The minimum Gasteiger partial charge on any atom is -0.389 e. The zero-order valence-electron chi connectivity index (χ0n) is 10.3. The molecule has 9 N–H and O–H groups in total. The Labute approximate surface area is 109 Å². The van der Waals surface area contributed by atoms with Crippen LogP contribution < -0.4 is 33.2 Å². The number of rotatable bonds is 3. The molecular weight excluding hydrogens is 252 g/mol. The molecule has 0 saturated heterocycles. The molecular formula is C10H16N6O3. The average Bonchev–Trinajstić information content (AvgIpc) is 2.35. The third kappa shape index (κ3) is 3.10. The van der Waals surface area contributed by atoms with Crippen LogP contribution in [0.15, 0.2) is 18.2 Å². The summed E-state index contributed by atoms with van der Waals surface area (Å²) in [6.45, 7) is 1.53. The average molecular weight is 268 g/mol. The number of aliphatic hydroxyl groups excluding tert-OH is 1. The molecule has 0 aliphatic carbocycles. The SMILES string of the molecule is CC(O)c1ccc(N(N)C(N)=O)c(N(N)C(N)=O)c1. The highest BCUT2D eigenvalue weighted by Gasteiger charge is 2.19. The Morgan fingerprint density at radius 2 is 1.58 bits per heavy atom. The van der Waals surface area contributed by atoms with Crippen molar-refractivity contribution in [1.82, 2.24) is 0 Å². The van der Waals surface area contributed by atoms with Crippen LogP contribution in [0.4, 0.5) is 21.0 Å². The summed E-state index contributed by atoms with van der Waals surface area (Å²) in [6, 6.07) is 2.39. The molecule has 0 spiro atoms. The standard InChI is InChI=1S/C10H16N6O3/c1-5(17)6-2-3-7(15(13)9(11)18)8(4-6)16(14)10(12)19/h2-5,17H,13-14H2,1H3,(H2,11,18)(H2,12,19). The van der Waals surface area contributed by atoms with Gasteiger partial charge in [-0.05, 0) is 24.6 Å². The molecule has 9 heteroatoms. The minimum atomic E-state index is -0.957. The van der Waals surface area contributed by atoms with E-state index in [9.17, 15) is 14.7 Å². The first-order valence-electron chi connectivity index (χ1n) is 5.26. The molecule has 0 radical (unpaired) electrons. The normalized spacial score (nSPS) is 11.8. The summed E-state index contributed by atoms with van der Waals surface area (Å²) >= 11 is 0. The first-order chi connectivity index (χ1) is 8.75. The second-order valence-electron chi connectivity index (χ2n) is 3.84. The molecule has 0 heterocycles. The fraction of sp³-hybridized carbons (Fsp3) is 0.200. The monoisotopic (exact) mass is 268 g/mol. The number of nitrogens with zero attached hydrogens (tertiary/aromatic N) is 2. The van der Waals surface area contributed by atoms with Crippen molar-refractivity contribution in [3.8, 4) is 0 Å². The fourth-order valence-electron chi connectivity index (χ4n) is 1.43. The van der Waals surface area contributed by atoms with Crippen LogP contribution in [0, 0.1) is 0 Å². The molecule has 0 bridgehead atoms. The van der Waals surface area contributed by atoms with E-state index in [1.165, 1.54) is 25.1 Å². The van der Waals surface area contributed by atoms with Gasteiger partial charge in [-0.2, -0.15) is 0 Å². The first kappa shape index (κ1) is 14.7. The van der Waals surface area contributed by atoms with E-state index < -0.39 is 18.2 Å². The molecule has 0 aromatic heterocycles. The second-order valence-corrected chi connectivity index (χ2v) is 3.84. The molecule has 104 valence electrons. The Morgan fingerprint density at radius 3 is 2.00 bits per heavy atom. The van der Waals surface area contributed by atoms with Crippen LogP contribution in [0.25, 0.3) is 0 Å². The number of anilines is 2. The van der Waals surface area contributed by atoms with Crippen molar-refractivity contribution in [2.75, 3.05) is 10.0 Å².